The Morgan fingerprint density at radius 2 is 1.64 bits per heavy atom. The van der Waals surface area contributed by atoms with Crippen LogP contribution in [0.3, 0.4) is 0 Å². The Morgan fingerprint density at radius 3 is 2.39 bits per heavy atom. The smallest absolute Gasteiger partial charge is 0.267 e. The number of nitrogens with zero attached hydrogens (tertiary/aromatic N) is 3. The Kier molecular flexibility index (Phi) is 4.60. The maximum atomic E-state index is 13.1. The topological polar surface area (TPSA) is 85.3 Å². The van der Waals surface area contributed by atoms with Gasteiger partial charge in [-0.15, -0.1) is 0 Å². The Balaban J connectivity index is 1.82. The van der Waals surface area contributed by atoms with Crippen molar-refractivity contribution in [3.05, 3.63) is 94.8 Å². The number of nitrogens with two attached hydrogens (primary N) is 1. The van der Waals surface area contributed by atoms with Gasteiger partial charge in [0.1, 0.15) is 0 Å². The minimum absolute atomic E-state index is 0.153. The fraction of sp³-hybridized carbons (Fsp3) is 0.0455. The summed E-state index contributed by atoms with van der Waals surface area (Å²) in [5.41, 5.74) is 12.3. The Hall–Kier alpha value is -3.93. The molecule has 3 N–H and O–H groups in total. The van der Waals surface area contributed by atoms with E-state index in [4.69, 9.17) is 5.73 Å². The highest BCUT2D eigenvalue weighted by atomic mass is 16.1. The number of fused-ring (bicyclic) bond motifs is 1. The van der Waals surface area contributed by atoms with Crippen LogP contribution in [0.5, 0.6) is 0 Å². The molecule has 138 valence electrons. The van der Waals surface area contributed by atoms with Crippen molar-refractivity contribution >= 4 is 28.3 Å². The van der Waals surface area contributed by atoms with E-state index in [-0.39, 0.29) is 5.56 Å². The zero-order valence-electron chi connectivity index (χ0n) is 15.3. The number of nitrogen functional groups attached to an aromatic ring is 1. The van der Waals surface area contributed by atoms with Crippen LogP contribution in [0.2, 0.25) is 0 Å². The SMILES string of the molecule is C/C(=N\Nc1nc2ccccc2c(=O)n1-c1ccccc1)c1ccc(N)cc1. The lowest BCUT2D eigenvalue weighted by atomic mass is 10.1. The molecule has 0 fully saturated rings. The predicted octanol–water partition coefficient (Wildman–Crippen LogP) is 3.80. The largest absolute Gasteiger partial charge is 0.399 e. The molecule has 1 aromatic heterocycles. The van der Waals surface area contributed by atoms with Crippen molar-refractivity contribution in [3.8, 4) is 5.69 Å². The van der Waals surface area contributed by atoms with Gasteiger partial charge in [0.05, 0.1) is 22.3 Å². The molecule has 6 heteroatoms. The van der Waals surface area contributed by atoms with Crippen LogP contribution in [0.1, 0.15) is 12.5 Å². The number of anilines is 2. The maximum Gasteiger partial charge on any atom is 0.267 e. The molecule has 6 nitrogen and oxygen atoms in total. The van der Waals surface area contributed by atoms with E-state index in [2.05, 4.69) is 15.5 Å². The van der Waals surface area contributed by atoms with Gasteiger partial charge < -0.3 is 5.73 Å². The summed E-state index contributed by atoms with van der Waals surface area (Å²) in [6, 6.07) is 24.1. The van der Waals surface area contributed by atoms with Crippen LogP contribution in [0.15, 0.2) is 88.8 Å². The molecule has 0 spiro atoms. The van der Waals surface area contributed by atoms with Gasteiger partial charge in [-0.2, -0.15) is 5.10 Å². The fourth-order valence-corrected chi connectivity index (χ4v) is 2.95. The standard InChI is InChI=1S/C22H19N5O/c1-15(16-11-13-17(23)14-12-16)25-26-22-24-20-10-6-5-9-19(20)21(28)27(22)18-7-3-2-4-8-18/h2-14H,23H2,1H3,(H,24,26)/b25-15+. The average Bonchev–Trinajstić information content (AvgIpc) is 2.73. The molecule has 3 aromatic carbocycles. The molecule has 0 aliphatic carbocycles. The summed E-state index contributed by atoms with van der Waals surface area (Å²) in [6.45, 7) is 1.88. The van der Waals surface area contributed by atoms with Crippen LogP contribution in [0.4, 0.5) is 11.6 Å². The molecule has 0 amide bonds. The molecule has 0 atom stereocenters. The third-order valence-electron chi connectivity index (χ3n) is 4.44. The number of hydrogen-bond donors (Lipinski definition) is 2. The molecular formula is C22H19N5O. The first-order chi connectivity index (χ1) is 13.6. The number of nitrogens with one attached hydrogen (secondary N) is 1. The maximum absolute atomic E-state index is 13.1. The lowest BCUT2D eigenvalue weighted by Crippen LogP contribution is -2.23. The number of rotatable bonds is 4. The first kappa shape index (κ1) is 17.5. The van der Waals surface area contributed by atoms with Crippen LogP contribution < -0.4 is 16.7 Å². The molecule has 0 saturated heterocycles. The van der Waals surface area contributed by atoms with Crippen molar-refractivity contribution in [2.45, 2.75) is 6.92 Å². The van der Waals surface area contributed by atoms with Crippen LogP contribution in [0, 0.1) is 0 Å². The molecule has 4 rings (SSSR count). The monoisotopic (exact) mass is 369 g/mol. The summed E-state index contributed by atoms with van der Waals surface area (Å²) in [5, 5.41) is 4.98. The molecule has 0 radical (unpaired) electrons. The van der Waals surface area contributed by atoms with Gasteiger partial charge in [0, 0.05) is 5.69 Å². The first-order valence-electron chi connectivity index (χ1n) is 8.87. The van der Waals surface area contributed by atoms with E-state index in [0.717, 1.165) is 11.3 Å². The van der Waals surface area contributed by atoms with Crippen LogP contribution >= 0.6 is 0 Å². The third kappa shape index (κ3) is 3.35. The van der Waals surface area contributed by atoms with Crippen molar-refractivity contribution in [2.24, 2.45) is 5.10 Å². The van der Waals surface area contributed by atoms with E-state index in [1.165, 1.54) is 4.57 Å². The summed E-state index contributed by atoms with van der Waals surface area (Å²) in [7, 11) is 0. The number of para-hydroxylation sites is 2. The van der Waals surface area contributed by atoms with E-state index in [9.17, 15) is 4.79 Å². The number of aromatic nitrogens is 2. The van der Waals surface area contributed by atoms with Crippen molar-refractivity contribution in [2.75, 3.05) is 11.2 Å². The summed E-state index contributed by atoms with van der Waals surface area (Å²) < 4.78 is 1.53. The Bertz CT molecular complexity index is 1210. The van der Waals surface area contributed by atoms with E-state index in [0.29, 0.717) is 28.2 Å². The van der Waals surface area contributed by atoms with Crippen molar-refractivity contribution < 1.29 is 0 Å². The fourth-order valence-electron chi connectivity index (χ4n) is 2.95. The third-order valence-corrected chi connectivity index (χ3v) is 4.44. The minimum atomic E-state index is -0.153. The first-order valence-corrected chi connectivity index (χ1v) is 8.87. The lowest BCUT2D eigenvalue weighted by Gasteiger charge is -2.13. The average molecular weight is 369 g/mol. The van der Waals surface area contributed by atoms with Crippen LogP contribution in [-0.4, -0.2) is 15.3 Å². The number of hydrazone groups is 1. The second-order valence-corrected chi connectivity index (χ2v) is 6.36. The quantitative estimate of drug-likeness (QED) is 0.325. The molecule has 1 heterocycles. The van der Waals surface area contributed by atoms with Crippen LogP contribution in [-0.2, 0) is 0 Å². The van der Waals surface area contributed by atoms with Gasteiger partial charge in [-0.1, -0.05) is 42.5 Å². The molecule has 0 unspecified atom stereocenters. The normalized spacial score (nSPS) is 11.5. The predicted molar refractivity (Wildman–Crippen MR) is 114 cm³/mol. The number of hydrogen-bond acceptors (Lipinski definition) is 5. The molecule has 0 saturated carbocycles. The highest BCUT2D eigenvalue weighted by molar-refractivity contribution is 5.99. The molecule has 4 aromatic rings. The van der Waals surface area contributed by atoms with Gasteiger partial charge in [-0.25, -0.2) is 15.0 Å². The summed E-state index contributed by atoms with van der Waals surface area (Å²) in [5.74, 6) is 0.352. The summed E-state index contributed by atoms with van der Waals surface area (Å²) >= 11 is 0. The van der Waals surface area contributed by atoms with E-state index in [1.807, 2.05) is 79.7 Å². The molecular weight excluding hydrogens is 350 g/mol. The van der Waals surface area contributed by atoms with Crippen LogP contribution in [0.25, 0.3) is 16.6 Å². The van der Waals surface area contributed by atoms with Crippen molar-refractivity contribution in [1.82, 2.24) is 9.55 Å². The second kappa shape index (κ2) is 7.36. The summed E-state index contributed by atoms with van der Waals surface area (Å²) in [4.78, 5) is 17.7. The molecule has 0 aliphatic heterocycles. The van der Waals surface area contributed by atoms with Gasteiger partial charge in [-0.05, 0) is 48.9 Å². The second-order valence-electron chi connectivity index (χ2n) is 6.36. The number of benzene rings is 3. The van der Waals surface area contributed by atoms with Gasteiger partial charge in [0.15, 0.2) is 0 Å². The minimum Gasteiger partial charge on any atom is -0.399 e. The Morgan fingerprint density at radius 1 is 0.964 bits per heavy atom. The van der Waals surface area contributed by atoms with Gasteiger partial charge in [0.25, 0.3) is 5.56 Å². The summed E-state index contributed by atoms with van der Waals surface area (Å²) in [6.07, 6.45) is 0. The highest BCUT2D eigenvalue weighted by Crippen LogP contribution is 2.16. The van der Waals surface area contributed by atoms with E-state index in [1.54, 1.807) is 6.07 Å². The lowest BCUT2D eigenvalue weighted by molar-refractivity contribution is 0.955. The highest BCUT2D eigenvalue weighted by Gasteiger charge is 2.12. The van der Waals surface area contributed by atoms with E-state index < -0.39 is 0 Å². The molecule has 28 heavy (non-hydrogen) atoms. The van der Waals surface area contributed by atoms with Gasteiger partial charge in [0.2, 0.25) is 5.95 Å². The zero-order valence-corrected chi connectivity index (χ0v) is 15.3. The van der Waals surface area contributed by atoms with Crippen molar-refractivity contribution in [3.63, 3.8) is 0 Å². The Labute approximate surface area is 162 Å². The van der Waals surface area contributed by atoms with E-state index >= 15 is 0 Å². The van der Waals surface area contributed by atoms with Gasteiger partial charge >= 0.3 is 0 Å². The van der Waals surface area contributed by atoms with Crippen molar-refractivity contribution in [1.29, 1.82) is 0 Å². The zero-order chi connectivity index (χ0) is 19.5. The molecule has 0 bridgehead atoms. The molecule has 0 aliphatic rings. The van der Waals surface area contributed by atoms with Gasteiger partial charge in [-0.3, -0.25) is 4.79 Å².